The minimum absolute atomic E-state index is 0.583. The molecule has 0 radical (unpaired) electrons. The highest BCUT2D eigenvalue weighted by Gasteiger charge is 2.03. The van der Waals surface area contributed by atoms with Crippen LogP contribution in [0.25, 0.3) is 0 Å². The van der Waals surface area contributed by atoms with Gasteiger partial charge in [-0.1, -0.05) is 6.92 Å². The number of rotatable bonds is 7. The molecule has 0 aromatic heterocycles. The highest BCUT2D eigenvalue weighted by molar-refractivity contribution is 6.18. The number of ether oxygens (including phenoxy) is 1. The highest BCUT2D eigenvalue weighted by atomic mass is 35.5. The van der Waals surface area contributed by atoms with Crippen LogP contribution in [0, 0.1) is 5.92 Å². The van der Waals surface area contributed by atoms with Crippen LogP contribution in [0.4, 0.5) is 0 Å². The van der Waals surface area contributed by atoms with Crippen molar-refractivity contribution in [3.63, 3.8) is 0 Å². The van der Waals surface area contributed by atoms with Crippen LogP contribution in [-0.4, -0.2) is 44.6 Å². The normalized spacial score (nSPS) is 13.8. The van der Waals surface area contributed by atoms with E-state index in [0.29, 0.717) is 5.92 Å². The van der Waals surface area contributed by atoms with Crippen molar-refractivity contribution in [2.24, 2.45) is 5.92 Å². The zero-order valence-corrected chi connectivity index (χ0v) is 9.10. The van der Waals surface area contributed by atoms with Gasteiger partial charge >= 0.3 is 0 Å². The van der Waals surface area contributed by atoms with Gasteiger partial charge in [0, 0.05) is 32.7 Å². The first kappa shape index (κ1) is 12.2. The SMILES string of the molecule is COCCCN(C)CC(C)CCl. The molecule has 2 nitrogen and oxygen atoms in total. The molecule has 0 heterocycles. The van der Waals surface area contributed by atoms with E-state index < -0.39 is 0 Å². The monoisotopic (exact) mass is 193 g/mol. The summed E-state index contributed by atoms with van der Waals surface area (Å²) in [7, 11) is 3.86. The summed E-state index contributed by atoms with van der Waals surface area (Å²) in [6, 6.07) is 0. The van der Waals surface area contributed by atoms with Crippen molar-refractivity contribution in [3.05, 3.63) is 0 Å². The van der Waals surface area contributed by atoms with E-state index in [-0.39, 0.29) is 0 Å². The lowest BCUT2D eigenvalue weighted by atomic mass is 10.2. The second kappa shape index (κ2) is 7.84. The van der Waals surface area contributed by atoms with E-state index in [1.165, 1.54) is 0 Å². The summed E-state index contributed by atoms with van der Waals surface area (Å²) < 4.78 is 4.97. The minimum atomic E-state index is 0.583. The molecular weight excluding hydrogens is 174 g/mol. The molecule has 0 aliphatic heterocycles. The molecule has 0 aromatic carbocycles. The Balaban J connectivity index is 3.26. The Morgan fingerprint density at radius 3 is 2.67 bits per heavy atom. The number of nitrogens with zero attached hydrogens (tertiary/aromatic N) is 1. The fourth-order valence-corrected chi connectivity index (χ4v) is 1.25. The van der Waals surface area contributed by atoms with E-state index in [9.17, 15) is 0 Å². The third-order valence-electron chi connectivity index (χ3n) is 1.78. The van der Waals surface area contributed by atoms with Crippen LogP contribution >= 0.6 is 11.6 Å². The van der Waals surface area contributed by atoms with Crippen LogP contribution in [0.2, 0.25) is 0 Å². The van der Waals surface area contributed by atoms with Crippen molar-refractivity contribution < 1.29 is 4.74 Å². The molecule has 0 saturated heterocycles. The molecule has 0 amide bonds. The first-order valence-corrected chi connectivity index (χ1v) is 4.97. The molecule has 0 bridgehead atoms. The van der Waals surface area contributed by atoms with Gasteiger partial charge in [0.15, 0.2) is 0 Å². The first-order chi connectivity index (χ1) is 5.70. The predicted molar refractivity (Wildman–Crippen MR) is 53.9 cm³/mol. The fraction of sp³-hybridized carbons (Fsp3) is 1.00. The van der Waals surface area contributed by atoms with Gasteiger partial charge in [0.2, 0.25) is 0 Å². The molecular formula is C9H20ClNO. The minimum Gasteiger partial charge on any atom is -0.385 e. The molecule has 0 spiro atoms. The summed E-state index contributed by atoms with van der Waals surface area (Å²) in [6.45, 7) is 5.18. The average Bonchev–Trinajstić information content (AvgIpc) is 2.05. The van der Waals surface area contributed by atoms with Gasteiger partial charge in [-0.2, -0.15) is 0 Å². The molecule has 0 saturated carbocycles. The van der Waals surface area contributed by atoms with Gasteiger partial charge in [-0.15, -0.1) is 11.6 Å². The molecule has 0 aliphatic carbocycles. The van der Waals surface area contributed by atoms with Crippen molar-refractivity contribution in [2.75, 3.05) is 39.7 Å². The number of alkyl halides is 1. The molecule has 0 fully saturated rings. The van der Waals surface area contributed by atoms with Gasteiger partial charge in [-0.05, 0) is 19.4 Å². The predicted octanol–water partition coefficient (Wildman–Crippen LogP) is 1.83. The Kier molecular flexibility index (Phi) is 7.98. The Morgan fingerprint density at radius 2 is 2.17 bits per heavy atom. The summed E-state index contributed by atoms with van der Waals surface area (Å²) in [4.78, 5) is 2.30. The van der Waals surface area contributed by atoms with Gasteiger partial charge < -0.3 is 9.64 Å². The second-order valence-corrected chi connectivity index (χ2v) is 3.68. The topological polar surface area (TPSA) is 12.5 Å². The van der Waals surface area contributed by atoms with Gasteiger partial charge in [-0.25, -0.2) is 0 Å². The lowest BCUT2D eigenvalue weighted by Gasteiger charge is -2.19. The number of methoxy groups -OCH3 is 1. The molecule has 3 heteroatoms. The van der Waals surface area contributed by atoms with Crippen LogP contribution in [0.1, 0.15) is 13.3 Å². The highest BCUT2D eigenvalue weighted by Crippen LogP contribution is 2.00. The molecule has 0 aliphatic rings. The Labute approximate surface area is 80.8 Å². The summed E-state index contributed by atoms with van der Waals surface area (Å²) in [5.41, 5.74) is 0. The van der Waals surface area contributed by atoms with Crippen molar-refractivity contribution in [3.8, 4) is 0 Å². The van der Waals surface area contributed by atoms with E-state index in [4.69, 9.17) is 16.3 Å². The smallest absolute Gasteiger partial charge is 0.0474 e. The quantitative estimate of drug-likeness (QED) is 0.452. The molecule has 0 aromatic rings. The molecule has 0 N–H and O–H groups in total. The summed E-state index contributed by atoms with van der Waals surface area (Å²) >= 11 is 5.71. The van der Waals surface area contributed by atoms with Gasteiger partial charge in [0.1, 0.15) is 0 Å². The number of hydrogen-bond acceptors (Lipinski definition) is 2. The van der Waals surface area contributed by atoms with Crippen LogP contribution in [0.15, 0.2) is 0 Å². The third kappa shape index (κ3) is 6.89. The van der Waals surface area contributed by atoms with Gasteiger partial charge in [0.25, 0.3) is 0 Å². The molecule has 0 rings (SSSR count). The third-order valence-corrected chi connectivity index (χ3v) is 2.30. The van der Waals surface area contributed by atoms with Gasteiger partial charge in [-0.3, -0.25) is 0 Å². The molecule has 1 atom stereocenters. The van der Waals surface area contributed by atoms with Crippen molar-refractivity contribution in [1.82, 2.24) is 4.90 Å². The van der Waals surface area contributed by atoms with E-state index in [1.54, 1.807) is 7.11 Å². The van der Waals surface area contributed by atoms with Crippen molar-refractivity contribution in [2.45, 2.75) is 13.3 Å². The first-order valence-electron chi connectivity index (χ1n) is 4.44. The molecule has 1 unspecified atom stereocenters. The average molecular weight is 194 g/mol. The lowest BCUT2D eigenvalue weighted by Crippen LogP contribution is -2.26. The summed E-state index contributed by atoms with van der Waals surface area (Å²) in [5.74, 6) is 1.33. The molecule has 74 valence electrons. The maximum absolute atomic E-state index is 5.71. The second-order valence-electron chi connectivity index (χ2n) is 3.37. The van der Waals surface area contributed by atoms with E-state index >= 15 is 0 Å². The van der Waals surface area contributed by atoms with Crippen LogP contribution < -0.4 is 0 Å². The Morgan fingerprint density at radius 1 is 1.50 bits per heavy atom. The maximum Gasteiger partial charge on any atom is 0.0474 e. The maximum atomic E-state index is 5.71. The standard InChI is InChI=1S/C9H20ClNO/c1-9(7-10)8-11(2)5-4-6-12-3/h9H,4-8H2,1-3H3. The van der Waals surface area contributed by atoms with E-state index in [1.807, 2.05) is 0 Å². The van der Waals surface area contributed by atoms with Crippen LogP contribution in [-0.2, 0) is 4.74 Å². The van der Waals surface area contributed by atoms with Crippen molar-refractivity contribution >= 4 is 11.6 Å². The zero-order valence-electron chi connectivity index (χ0n) is 8.35. The number of hydrogen-bond donors (Lipinski definition) is 0. The van der Waals surface area contributed by atoms with Crippen molar-refractivity contribution in [1.29, 1.82) is 0 Å². The Bertz CT molecular complexity index is 101. The number of halogens is 1. The van der Waals surface area contributed by atoms with E-state index in [2.05, 4.69) is 18.9 Å². The largest absolute Gasteiger partial charge is 0.385 e. The fourth-order valence-electron chi connectivity index (χ4n) is 1.15. The lowest BCUT2D eigenvalue weighted by molar-refractivity contribution is 0.176. The molecule has 12 heavy (non-hydrogen) atoms. The zero-order chi connectivity index (χ0) is 9.40. The Hall–Kier alpha value is 0.210. The summed E-state index contributed by atoms with van der Waals surface area (Å²) in [5, 5.41) is 0. The van der Waals surface area contributed by atoms with Gasteiger partial charge in [0.05, 0.1) is 0 Å². The van der Waals surface area contributed by atoms with Crippen LogP contribution in [0.3, 0.4) is 0 Å². The summed E-state index contributed by atoms with van der Waals surface area (Å²) in [6.07, 6.45) is 1.10. The van der Waals surface area contributed by atoms with E-state index in [0.717, 1.165) is 32.0 Å². The van der Waals surface area contributed by atoms with Crippen LogP contribution in [0.5, 0.6) is 0 Å².